The number of rotatable bonds is 9. The van der Waals surface area contributed by atoms with Gasteiger partial charge in [0, 0.05) is 6.42 Å². The summed E-state index contributed by atoms with van der Waals surface area (Å²) in [5.74, 6) is -1.29. The molecule has 0 aliphatic heterocycles. The third-order valence-electron chi connectivity index (χ3n) is 3.68. The van der Waals surface area contributed by atoms with E-state index in [0.29, 0.717) is 6.42 Å². The van der Waals surface area contributed by atoms with Crippen LogP contribution < -0.4 is 5.32 Å². The summed E-state index contributed by atoms with van der Waals surface area (Å²) in [5, 5.41) is 11.6. The summed E-state index contributed by atoms with van der Waals surface area (Å²) in [6.07, 6.45) is 4.14. The fourth-order valence-corrected chi connectivity index (χ4v) is 2.37. The number of carboxylic acid groups (broad SMARTS) is 1. The van der Waals surface area contributed by atoms with E-state index in [9.17, 15) is 9.59 Å². The highest BCUT2D eigenvalue weighted by Crippen LogP contribution is 2.10. The van der Waals surface area contributed by atoms with Gasteiger partial charge in [-0.3, -0.25) is 4.79 Å². The lowest BCUT2D eigenvalue weighted by atomic mass is 10.0. The molecule has 0 aliphatic rings. The Balaban J connectivity index is 2.36. The first-order valence-corrected chi connectivity index (χ1v) is 8.04. The van der Waals surface area contributed by atoms with Crippen LogP contribution in [0.1, 0.15) is 51.2 Å². The van der Waals surface area contributed by atoms with Crippen molar-refractivity contribution in [1.29, 1.82) is 0 Å². The van der Waals surface area contributed by atoms with Crippen molar-refractivity contribution in [2.45, 2.75) is 58.9 Å². The SMILES string of the molecule is CCCc1ccc(CCCC(=O)NC(C(=O)O)C(C)C)cc1. The maximum atomic E-state index is 11.8. The van der Waals surface area contributed by atoms with Gasteiger partial charge in [0.25, 0.3) is 0 Å². The number of benzene rings is 1. The number of carbonyl (C=O) groups excluding carboxylic acids is 1. The van der Waals surface area contributed by atoms with E-state index in [1.165, 1.54) is 11.1 Å². The van der Waals surface area contributed by atoms with Crippen LogP contribution in [0, 0.1) is 5.92 Å². The van der Waals surface area contributed by atoms with Gasteiger partial charge in [0.1, 0.15) is 6.04 Å². The smallest absolute Gasteiger partial charge is 0.326 e. The monoisotopic (exact) mass is 305 g/mol. The van der Waals surface area contributed by atoms with E-state index in [1.54, 1.807) is 13.8 Å². The second-order valence-electron chi connectivity index (χ2n) is 6.05. The quantitative estimate of drug-likeness (QED) is 0.736. The third-order valence-corrected chi connectivity index (χ3v) is 3.68. The van der Waals surface area contributed by atoms with Crippen molar-refractivity contribution in [3.8, 4) is 0 Å². The van der Waals surface area contributed by atoms with E-state index in [2.05, 4.69) is 36.5 Å². The van der Waals surface area contributed by atoms with Crippen LogP contribution in [0.5, 0.6) is 0 Å². The molecule has 0 aromatic heterocycles. The standard InChI is InChI=1S/C18H27NO3/c1-4-6-14-9-11-15(12-10-14)7-5-8-16(20)19-17(13(2)3)18(21)22/h9-13,17H,4-8H2,1-3H3,(H,19,20)(H,21,22). The van der Waals surface area contributed by atoms with Gasteiger partial charge in [-0.25, -0.2) is 4.79 Å². The van der Waals surface area contributed by atoms with Crippen molar-refractivity contribution in [3.63, 3.8) is 0 Å². The van der Waals surface area contributed by atoms with E-state index in [1.807, 2.05) is 0 Å². The van der Waals surface area contributed by atoms with Crippen molar-refractivity contribution in [2.24, 2.45) is 5.92 Å². The van der Waals surface area contributed by atoms with Crippen molar-refractivity contribution in [3.05, 3.63) is 35.4 Å². The topological polar surface area (TPSA) is 66.4 Å². The molecular weight excluding hydrogens is 278 g/mol. The molecule has 0 spiro atoms. The minimum Gasteiger partial charge on any atom is -0.480 e. The highest BCUT2D eigenvalue weighted by atomic mass is 16.4. The van der Waals surface area contributed by atoms with E-state index < -0.39 is 12.0 Å². The average molecular weight is 305 g/mol. The molecule has 1 aromatic carbocycles. The molecule has 22 heavy (non-hydrogen) atoms. The second kappa shape index (κ2) is 9.23. The maximum Gasteiger partial charge on any atom is 0.326 e. The largest absolute Gasteiger partial charge is 0.480 e. The van der Waals surface area contributed by atoms with Crippen molar-refractivity contribution in [1.82, 2.24) is 5.32 Å². The van der Waals surface area contributed by atoms with Crippen molar-refractivity contribution < 1.29 is 14.7 Å². The number of hydrogen-bond acceptors (Lipinski definition) is 2. The predicted molar refractivity (Wildman–Crippen MR) is 87.8 cm³/mol. The second-order valence-corrected chi connectivity index (χ2v) is 6.05. The molecule has 4 heteroatoms. The van der Waals surface area contributed by atoms with Crippen molar-refractivity contribution >= 4 is 11.9 Å². The van der Waals surface area contributed by atoms with Gasteiger partial charge in [-0.1, -0.05) is 51.5 Å². The van der Waals surface area contributed by atoms with Crippen LogP contribution in [0.15, 0.2) is 24.3 Å². The number of hydrogen-bond donors (Lipinski definition) is 2. The molecular formula is C18H27NO3. The Hall–Kier alpha value is -1.84. The van der Waals surface area contributed by atoms with E-state index in [-0.39, 0.29) is 11.8 Å². The fraction of sp³-hybridized carbons (Fsp3) is 0.556. The van der Waals surface area contributed by atoms with Crippen LogP contribution in [0.25, 0.3) is 0 Å². The van der Waals surface area contributed by atoms with Gasteiger partial charge in [-0.05, 0) is 36.3 Å². The molecule has 1 amide bonds. The number of carbonyl (C=O) groups is 2. The highest BCUT2D eigenvalue weighted by molar-refractivity contribution is 5.83. The van der Waals surface area contributed by atoms with Crippen LogP contribution in [-0.4, -0.2) is 23.0 Å². The summed E-state index contributed by atoms with van der Waals surface area (Å²) in [4.78, 5) is 22.9. The van der Waals surface area contributed by atoms with Crippen LogP contribution in [-0.2, 0) is 22.4 Å². The lowest BCUT2D eigenvalue weighted by Crippen LogP contribution is -2.44. The third kappa shape index (κ3) is 6.29. The highest BCUT2D eigenvalue weighted by Gasteiger charge is 2.22. The number of carboxylic acids is 1. The molecule has 1 unspecified atom stereocenters. The Bertz CT molecular complexity index is 480. The Morgan fingerprint density at radius 3 is 2.09 bits per heavy atom. The van der Waals surface area contributed by atoms with Crippen LogP contribution >= 0.6 is 0 Å². The zero-order chi connectivity index (χ0) is 16.5. The average Bonchev–Trinajstić information content (AvgIpc) is 2.46. The first-order chi connectivity index (χ1) is 10.4. The molecule has 0 fully saturated rings. The Morgan fingerprint density at radius 1 is 1.09 bits per heavy atom. The molecule has 0 aliphatic carbocycles. The summed E-state index contributed by atoms with van der Waals surface area (Å²) >= 11 is 0. The van der Waals surface area contributed by atoms with Gasteiger partial charge in [-0.2, -0.15) is 0 Å². The van der Waals surface area contributed by atoms with Gasteiger partial charge >= 0.3 is 5.97 Å². The Labute approximate surface area is 132 Å². The maximum absolute atomic E-state index is 11.8. The van der Waals surface area contributed by atoms with Crippen LogP contribution in [0.2, 0.25) is 0 Å². The van der Waals surface area contributed by atoms with Gasteiger partial charge in [0.15, 0.2) is 0 Å². The molecule has 0 radical (unpaired) electrons. The molecule has 4 nitrogen and oxygen atoms in total. The molecule has 0 bridgehead atoms. The molecule has 1 rings (SSSR count). The van der Waals surface area contributed by atoms with Gasteiger partial charge in [0.05, 0.1) is 0 Å². The predicted octanol–water partition coefficient (Wildman–Crippen LogP) is 3.19. The van der Waals surface area contributed by atoms with Gasteiger partial charge < -0.3 is 10.4 Å². The molecule has 1 atom stereocenters. The molecule has 0 saturated carbocycles. The summed E-state index contributed by atoms with van der Waals surface area (Å²) in [5.41, 5.74) is 2.55. The van der Waals surface area contributed by atoms with Crippen LogP contribution in [0.4, 0.5) is 0 Å². The minimum absolute atomic E-state index is 0.118. The van der Waals surface area contributed by atoms with Crippen molar-refractivity contribution in [2.75, 3.05) is 0 Å². The summed E-state index contributed by atoms with van der Waals surface area (Å²) in [6.45, 7) is 5.74. The molecule has 0 saturated heterocycles. The molecule has 122 valence electrons. The first-order valence-electron chi connectivity index (χ1n) is 8.04. The number of aryl methyl sites for hydroxylation is 2. The summed E-state index contributed by atoms with van der Waals surface area (Å²) in [6, 6.07) is 7.69. The number of aliphatic carboxylic acids is 1. The lowest BCUT2D eigenvalue weighted by molar-refractivity contribution is -0.143. The molecule has 0 heterocycles. The molecule has 2 N–H and O–H groups in total. The number of amides is 1. The summed E-state index contributed by atoms with van der Waals surface area (Å²) in [7, 11) is 0. The van der Waals surface area contributed by atoms with E-state index in [4.69, 9.17) is 5.11 Å². The fourth-order valence-electron chi connectivity index (χ4n) is 2.37. The molecule has 1 aromatic rings. The van der Waals surface area contributed by atoms with Gasteiger partial charge in [0.2, 0.25) is 5.91 Å². The first kappa shape index (κ1) is 18.2. The van der Waals surface area contributed by atoms with Gasteiger partial charge in [-0.15, -0.1) is 0 Å². The zero-order valence-corrected chi connectivity index (χ0v) is 13.8. The van der Waals surface area contributed by atoms with E-state index in [0.717, 1.165) is 25.7 Å². The van der Waals surface area contributed by atoms with E-state index >= 15 is 0 Å². The number of nitrogens with one attached hydrogen (secondary N) is 1. The Morgan fingerprint density at radius 2 is 1.64 bits per heavy atom. The zero-order valence-electron chi connectivity index (χ0n) is 13.8. The minimum atomic E-state index is -0.977. The Kier molecular flexibility index (Phi) is 7.64. The normalized spacial score (nSPS) is 12.2. The lowest BCUT2D eigenvalue weighted by Gasteiger charge is -2.17. The van der Waals surface area contributed by atoms with Crippen LogP contribution in [0.3, 0.4) is 0 Å². The summed E-state index contributed by atoms with van der Waals surface area (Å²) < 4.78 is 0.